The van der Waals surface area contributed by atoms with Crippen LogP contribution in [0.1, 0.15) is 19.3 Å². The highest BCUT2D eigenvalue weighted by atomic mass is 127. The van der Waals surface area contributed by atoms with E-state index in [0.717, 1.165) is 56.8 Å². The Balaban J connectivity index is 2.34. The first-order valence-corrected chi connectivity index (χ1v) is 9.42. The first-order chi connectivity index (χ1) is 9.86. The molecular formula is C14H31IN4O. The van der Waals surface area contributed by atoms with E-state index in [-0.39, 0.29) is 6.61 Å². The summed E-state index contributed by atoms with van der Waals surface area (Å²) in [6, 6.07) is 0. The van der Waals surface area contributed by atoms with Crippen molar-refractivity contribution >= 4 is 22.6 Å². The first kappa shape index (κ1) is 18.6. The molecule has 0 atom stereocenters. The lowest BCUT2D eigenvalue weighted by molar-refractivity contribution is 0.185. The third kappa shape index (κ3) is 9.46. The van der Waals surface area contributed by atoms with Crippen molar-refractivity contribution in [3.8, 4) is 0 Å². The summed E-state index contributed by atoms with van der Waals surface area (Å²) in [5, 5.41) is 16.1. The molecule has 0 unspecified atom stereocenters. The van der Waals surface area contributed by atoms with E-state index in [1.54, 1.807) is 0 Å². The Kier molecular flexibility index (Phi) is 12.3. The summed E-state index contributed by atoms with van der Waals surface area (Å²) in [6.07, 6.45) is 3.59. The van der Waals surface area contributed by atoms with Crippen LogP contribution in [-0.2, 0) is 0 Å². The number of halogens is 1. The molecule has 5 nitrogen and oxygen atoms in total. The fraction of sp³-hybridized carbons (Fsp3) is 1.00. The molecule has 1 saturated heterocycles. The molecule has 20 heavy (non-hydrogen) atoms. The van der Waals surface area contributed by atoms with Crippen molar-refractivity contribution in [1.29, 1.82) is 0 Å². The molecule has 0 spiro atoms. The molecule has 3 N–H and O–H groups in total. The summed E-state index contributed by atoms with van der Waals surface area (Å²) in [4.78, 5) is 4.92. The van der Waals surface area contributed by atoms with Gasteiger partial charge in [-0.25, -0.2) is 0 Å². The smallest absolute Gasteiger partial charge is 0.0558 e. The van der Waals surface area contributed by atoms with Gasteiger partial charge in [-0.1, -0.05) is 22.6 Å². The molecule has 0 aromatic heterocycles. The Hall–Kier alpha value is 0.530. The van der Waals surface area contributed by atoms with Gasteiger partial charge in [0, 0.05) is 32.7 Å². The van der Waals surface area contributed by atoms with E-state index in [4.69, 9.17) is 5.11 Å². The summed E-state index contributed by atoms with van der Waals surface area (Å²) in [5.74, 6) is 0. The predicted octanol–water partition coefficient (Wildman–Crippen LogP) is 0.338. The van der Waals surface area contributed by atoms with Crippen LogP contribution in [0, 0.1) is 0 Å². The van der Waals surface area contributed by atoms with E-state index in [2.05, 4.69) is 43.0 Å². The fourth-order valence-corrected chi connectivity index (χ4v) is 3.19. The third-order valence-corrected chi connectivity index (χ3v) is 4.63. The van der Waals surface area contributed by atoms with Crippen LogP contribution in [0.3, 0.4) is 0 Å². The molecule has 1 fully saturated rings. The summed E-state index contributed by atoms with van der Waals surface area (Å²) in [7, 11) is 0. The largest absolute Gasteiger partial charge is 0.395 e. The monoisotopic (exact) mass is 398 g/mol. The van der Waals surface area contributed by atoms with Gasteiger partial charge in [0.05, 0.1) is 11.2 Å². The van der Waals surface area contributed by atoms with E-state index in [1.807, 2.05) is 0 Å². The maximum absolute atomic E-state index is 9.15. The Morgan fingerprint density at radius 3 is 1.95 bits per heavy atom. The lowest BCUT2D eigenvalue weighted by atomic mass is 10.3. The standard InChI is InChI=1S/C14H31IN4O/c15-14-19-9-2-5-17-7-6-16-4-1-8-18(12-13-20)10-3-11-19/h16-17,20H,1-14H2. The van der Waals surface area contributed by atoms with Gasteiger partial charge in [-0.05, 0) is 45.4 Å². The van der Waals surface area contributed by atoms with Crippen molar-refractivity contribution in [3.05, 3.63) is 0 Å². The van der Waals surface area contributed by atoms with Crippen LogP contribution in [-0.4, -0.2) is 85.0 Å². The lowest BCUT2D eigenvalue weighted by Crippen LogP contribution is -2.33. The Labute approximate surface area is 137 Å². The van der Waals surface area contributed by atoms with Crippen molar-refractivity contribution < 1.29 is 5.11 Å². The van der Waals surface area contributed by atoms with Gasteiger partial charge >= 0.3 is 0 Å². The molecular weight excluding hydrogens is 367 g/mol. The number of nitrogens with zero attached hydrogens (tertiary/aromatic N) is 2. The fourth-order valence-electron chi connectivity index (χ4n) is 2.51. The number of nitrogens with one attached hydrogen (secondary N) is 2. The van der Waals surface area contributed by atoms with Crippen molar-refractivity contribution in [1.82, 2.24) is 20.4 Å². The van der Waals surface area contributed by atoms with Crippen LogP contribution in [0.25, 0.3) is 0 Å². The molecule has 120 valence electrons. The minimum atomic E-state index is 0.271. The van der Waals surface area contributed by atoms with Gasteiger partial charge in [0.2, 0.25) is 0 Å². The Morgan fingerprint density at radius 1 is 0.800 bits per heavy atom. The molecule has 0 aromatic rings. The molecule has 0 saturated carbocycles. The Morgan fingerprint density at radius 2 is 1.35 bits per heavy atom. The zero-order valence-corrected chi connectivity index (χ0v) is 14.8. The second kappa shape index (κ2) is 13.2. The zero-order chi connectivity index (χ0) is 14.5. The summed E-state index contributed by atoms with van der Waals surface area (Å²) < 4.78 is 1.11. The zero-order valence-electron chi connectivity index (χ0n) is 12.6. The van der Waals surface area contributed by atoms with Gasteiger partial charge in [0.25, 0.3) is 0 Å². The van der Waals surface area contributed by atoms with E-state index >= 15 is 0 Å². The average Bonchev–Trinajstić information content (AvgIpc) is 2.47. The van der Waals surface area contributed by atoms with Gasteiger partial charge in [-0.3, -0.25) is 4.90 Å². The highest BCUT2D eigenvalue weighted by Gasteiger charge is 2.07. The second-order valence-electron chi connectivity index (χ2n) is 5.36. The summed E-state index contributed by atoms with van der Waals surface area (Å²) >= 11 is 2.46. The minimum absolute atomic E-state index is 0.271. The molecule has 0 aromatic carbocycles. The highest BCUT2D eigenvalue weighted by molar-refractivity contribution is 14.1. The second-order valence-corrected chi connectivity index (χ2v) is 6.05. The number of hydrogen-bond donors (Lipinski definition) is 3. The quantitative estimate of drug-likeness (QED) is 0.364. The third-order valence-electron chi connectivity index (χ3n) is 3.67. The highest BCUT2D eigenvalue weighted by Crippen LogP contribution is 2.01. The molecule has 1 aliphatic rings. The van der Waals surface area contributed by atoms with Crippen LogP contribution in [0.15, 0.2) is 0 Å². The molecule has 0 bridgehead atoms. The molecule has 0 amide bonds. The van der Waals surface area contributed by atoms with Gasteiger partial charge in [-0.2, -0.15) is 0 Å². The van der Waals surface area contributed by atoms with Gasteiger partial charge < -0.3 is 20.6 Å². The number of rotatable bonds is 3. The molecule has 1 aliphatic heterocycles. The van der Waals surface area contributed by atoms with E-state index < -0.39 is 0 Å². The predicted molar refractivity (Wildman–Crippen MR) is 93.6 cm³/mol. The van der Waals surface area contributed by atoms with Crippen molar-refractivity contribution in [2.24, 2.45) is 0 Å². The van der Waals surface area contributed by atoms with E-state index in [9.17, 15) is 0 Å². The molecule has 6 heteroatoms. The number of hydrogen-bond acceptors (Lipinski definition) is 5. The van der Waals surface area contributed by atoms with Crippen LogP contribution in [0.2, 0.25) is 0 Å². The summed E-state index contributed by atoms with van der Waals surface area (Å²) in [5.41, 5.74) is 0. The van der Waals surface area contributed by atoms with E-state index in [0.29, 0.717) is 0 Å². The topological polar surface area (TPSA) is 50.8 Å². The van der Waals surface area contributed by atoms with Crippen molar-refractivity contribution in [2.75, 3.05) is 70.1 Å². The number of aliphatic hydroxyl groups is 1. The van der Waals surface area contributed by atoms with Crippen molar-refractivity contribution in [3.63, 3.8) is 0 Å². The van der Waals surface area contributed by atoms with Gasteiger partial charge in [0.15, 0.2) is 0 Å². The Bertz CT molecular complexity index is 221. The maximum Gasteiger partial charge on any atom is 0.0558 e. The number of alkyl halides is 1. The van der Waals surface area contributed by atoms with Crippen molar-refractivity contribution in [2.45, 2.75) is 19.3 Å². The van der Waals surface area contributed by atoms with Gasteiger partial charge in [0.1, 0.15) is 0 Å². The first-order valence-electron chi connectivity index (χ1n) is 7.90. The number of β-amino-alcohol motifs (C(OH)–C–C–N with tert-alkyl or cyclic N) is 1. The molecule has 0 radical (unpaired) electrons. The van der Waals surface area contributed by atoms with Gasteiger partial charge in [-0.15, -0.1) is 0 Å². The average molecular weight is 398 g/mol. The lowest BCUT2D eigenvalue weighted by Gasteiger charge is -2.24. The normalized spacial score (nSPS) is 23.1. The summed E-state index contributed by atoms with van der Waals surface area (Å²) in [6.45, 7) is 9.93. The van der Waals surface area contributed by atoms with Crippen LogP contribution >= 0.6 is 22.6 Å². The molecule has 1 rings (SSSR count). The van der Waals surface area contributed by atoms with Crippen LogP contribution < -0.4 is 10.6 Å². The molecule has 0 aliphatic carbocycles. The maximum atomic E-state index is 9.15. The van der Waals surface area contributed by atoms with Crippen LogP contribution in [0.5, 0.6) is 0 Å². The van der Waals surface area contributed by atoms with E-state index in [1.165, 1.54) is 25.9 Å². The SMILES string of the molecule is OCCN1CCCNCCNCCCN(CI)CCC1. The van der Waals surface area contributed by atoms with Crippen LogP contribution in [0.4, 0.5) is 0 Å². The number of aliphatic hydroxyl groups excluding tert-OH is 1. The molecule has 1 heterocycles. The minimum Gasteiger partial charge on any atom is -0.395 e.